The quantitative estimate of drug-likeness (QED) is 0.694. The molecule has 2 N–H and O–H groups in total. The minimum atomic E-state index is 0. The Bertz CT molecular complexity index is 105. The molecule has 0 aliphatic rings. The second kappa shape index (κ2) is 14.1. The molecule has 0 aliphatic heterocycles. The van der Waals surface area contributed by atoms with Crippen LogP contribution >= 0.6 is 0 Å². The van der Waals surface area contributed by atoms with Gasteiger partial charge in [0, 0.05) is 7.11 Å². The van der Waals surface area contributed by atoms with Crippen molar-refractivity contribution in [1.82, 2.24) is 5.32 Å². The van der Waals surface area contributed by atoms with E-state index in [0.717, 1.165) is 26.4 Å². The summed E-state index contributed by atoms with van der Waals surface area (Å²) in [5.41, 5.74) is 0. The average Bonchev–Trinajstić information content (AvgIpc) is 2.09. The standard InChI is InChI=1S/C8H17NO.CH4O.CH4/c1-4-5-6-8(9-3)7(2)10;1-2;/h8-9H,4-6H2,1-3H3;2H,1H3;1H4. The van der Waals surface area contributed by atoms with Crippen molar-refractivity contribution in [1.29, 1.82) is 0 Å². The molecule has 0 spiro atoms. The molecule has 0 rings (SSSR count). The smallest absolute Gasteiger partial charge is 0.146 e. The first-order chi connectivity index (χ1) is 5.72. The zero-order chi connectivity index (χ0) is 9.98. The first kappa shape index (κ1) is 18.4. The maximum atomic E-state index is 10.8. The Morgan fingerprint density at radius 2 is 1.92 bits per heavy atom. The largest absolute Gasteiger partial charge is 0.400 e. The van der Waals surface area contributed by atoms with E-state index in [2.05, 4.69) is 12.2 Å². The van der Waals surface area contributed by atoms with Crippen LogP contribution in [0.4, 0.5) is 0 Å². The van der Waals surface area contributed by atoms with E-state index in [9.17, 15) is 4.79 Å². The van der Waals surface area contributed by atoms with Crippen LogP contribution in [0.5, 0.6) is 0 Å². The number of nitrogens with one attached hydrogen (secondary N) is 1. The number of carbonyl (C=O) groups is 1. The van der Waals surface area contributed by atoms with Crippen molar-refractivity contribution in [2.45, 2.75) is 46.6 Å². The highest BCUT2D eigenvalue weighted by Crippen LogP contribution is 2.00. The van der Waals surface area contributed by atoms with Gasteiger partial charge in [0.15, 0.2) is 0 Å². The molecule has 3 nitrogen and oxygen atoms in total. The molecule has 0 aromatic rings. The van der Waals surface area contributed by atoms with E-state index in [1.165, 1.54) is 0 Å². The van der Waals surface area contributed by atoms with Crippen LogP contribution < -0.4 is 5.32 Å². The van der Waals surface area contributed by atoms with Gasteiger partial charge in [0.1, 0.15) is 5.78 Å². The predicted octanol–water partition coefficient (Wildman–Crippen LogP) is 1.60. The van der Waals surface area contributed by atoms with Gasteiger partial charge in [-0.3, -0.25) is 4.79 Å². The third-order valence-electron chi connectivity index (χ3n) is 1.69. The summed E-state index contributed by atoms with van der Waals surface area (Å²) in [5.74, 6) is 0.246. The average molecular weight is 191 g/mol. The Kier molecular flexibility index (Phi) is 20.0. The van der Waals surface area contributed by atoms with Crippen molar-refractivity contribution in [2.75, 3.05) is 14.2 Å². The second-order valence-electron chi connectivity index (χ2n) is 2.59. The third kappa shape index (κ3) is 11.6. The summed E-state index contributed by atoms with van der Waals surface area (Å²) < 4.78 is 0. The number of carbonyl (C=O) groups excluding carboxylic acids is 1. The molecule has 0 bridgehead atoms. The van der Waals surface area contributed by atoms with E-state index < -0.39 is 0 Å². The summed E-state index contributed by atoms with van der Waals surface area (Å²) in [4.78, 5) is 10.8. The number of aliphatic hydroxyl groups excluding tert-OH is 1. The highest BCUT2D eigenvalue weighted by molar-refractivity contribution is 5.81. The van der Waals surface area contributed by atoms with E-state index in [0.29, 0.717) is 0 Å². The number of aliphatic hydroxyl groups is 1. The summed E-state index contributed by atoms with van der Waals surface area (Å²) in [5, 5.41) is 9.99. The lowest BCUT2D eigenvalue weighted by atomic mass is 10.1. The molecule has 0 aromatic carbocycles. The first-order valence-electron chi connectivity index (χ1n) is 4.34. The molecule has 82 valence electrons. The van der Waals surface area contributed by atoms with Gasteiger partial charge < -0.3 is 10.4 Å². The highest BCUT2D eigenvalue weighted by Gasteiger charge is 2.08. The fourth-order valence-corrected chi connectivity index (χ4v) is 0.959. The van der Waals surface area contributed by atoms with Gasteiger partial charge in [-0.25, -0.2) is 0 Å². The number of rotatable bonds is 5. The lowest BCUT2D eigenvalue weighted by Crippen LogP contribution is -2.31. The molecule has 0 saturated heterocycles. The number of likely N-dealkylation sites (N-methyl/N-ethyl adjacent to an activating group) is 1. The third-order valence-corrected chi connectivity index (χ3v) is 1.69. The molecule has 3 heteroatoms. The van der Waals surface area contributed by atoms with E-state index in [4.69, 9.17) is 5.11 Å². The summed E-state index contributed by atoms with van der Waals surface area (Å²) in [7, 11) is 2.84. The van der Waals surface area contributed by atoms with Crippen LogP contribution in [0.15, 0.2) is 0 Å². The maximum absolute atomic E-state index is 10.8. The van der Waals surface area contributed by atoms with Gasteiger partial charge in [-0.2, -0.15) is 0 Å². The molecule has 0 heterocycles. The highest BCUT2D eigenvalue weighted by atomic mass is 16.2. The molecule has 0 aliphatic carbocycles. The first-order valence-corrected chi connectivity index (χ1v) is 4.34. The molecule has 0 saturated carbocycles. The van der Waals surface area contributed by atoms with Gasteiger partial charge >= 0.3 is 0 Å². The molecular weight excluding hydrogens is 166 g/mol. The zero-order valence-corrected chi connectivity index (χ0v) is 8.55. The van der Waals surface area contributed by atoms with Crippen LogP contribution in [-0.2, 0) is 4.79 Å². The fraction of sp³-hybridized carbons (Fsp3) is 0.900. The Labute approximate surface area is 82.5 Å². The minimum absolute atomic E-state index is 0. The fourth-order valence-electron chi connectivity index (χ4n) is 0.959. The molecule has 1 unspecified atom stereocenters. The van der Waals surface area contributed by atoms with Crippen LogP contribution in [-0.4, -0.2) is 31.1 Å². The van der Waals surface area contributed by atoms with Crippen LogP contribution in [0.25, 0.3) is 0 Å². The molecule has 0 amide bonds. The Hall–Kier alpha value is -0.410. The number of unbranched alkanes of at least 4 members (excludes halogenated alkanes) is 1. The SMILES string of the molecule is C.CCCCC(NC)C(C)=O.CO. The molecule has 1 atom stereocenters. The minimum Gasteiger partial charge on any atom is -0.400 e. The Morgan fingerprint density at radius 3 is 2.15 bits per heavy atom. The zero-order valence-electron chi connectivity index (χ0n) is 8.55. The van der Waals surface area contributed by atoms with E-state index in [-0.39, 0.29) is 19.3 Å². The van der Waals surface area contributed by atoms with Crippen molar-refractivity contribution in [2.24, 2.45) is 0 Å². The number of hydrogen-bond donors (Lipinski definition) is 2. The number of hydrogen-bond acceptors (Lipinski definition) is 3. The topological polar surface area (TPSA) is 49.3 Å². The molecule has 0 fully saturated rings. The Morgan fingerprint density at radius 1 is 1.46 bits per heavy atom. The van der Waals surface area contributed by atoms with E-state index in [1.54, 1.807) is 6.92 Å². The van der Waals surface area contributed by atoms with Crippen molar-refractivity contribution < 1.29 is 9.90 Å². The van der Waals surface area contributed by atoms with Gasteiger partial charge in [0.2, 0.25) is 0 Å². The number of ketones is 1. The summed E-state index contributed by atoms with van der Waals surface area (Å²) >= 11 is 0. The van der Waals surface area contributed by atoms with Gasteiger partial charge in [-0.15, -0.1) is 0 Å². The van der Waals surface area contributed by atoms with Gasteiger partial charge in [-0.1, -0.05) is 27.2 Å². The number of Topliss-reactive ketones (excluding diaryl/α,β-unsaturated/α-hetero) is 1. The molecule has 13 heavy (non-hydrogen) atoms. The van der Waals surface area contributed by atoms with E-state index in [1.807, 2.05) is 7.05 Å². The summed E-state index contributed by atoms with van der Waals surface area (Å²) in [6, 6.07) is 0.0833. The van der Waals surface area contributed by atoms with Crippen LogP contribution in [0.2, 0.25) is 0 Å². The van der Waals surface area contributed by atoms with Crippen LogP contribution in [0, 0.1) is 0 Å². The monoisotopic (exact) mass is 191 g/mol. The molecule has 0 aromatic heterocycles. The molecule has 0 radical (unpaired) electrons. The van der Waals surface area contributed by atoms with Crippen molar-refractivity contribution in [3.63, 3.8) is 0 Å². The lowest BCUT2D eigenvalue weighted by Gasteiger charge is -2.10. The normalized spacial score (nSPS) is 10.5. The van der Waals surface area contributed by atoms with Crippen LogP contribution in [0.3, 0.4) is 0 Å². The summed E-state index contributed by atoms with van der Waals surface area (Å²) in [6.07, 6.45) is 3.26. The van der Waals surface area contributed by atoms with Crippen molar-refractivity contribution in [3.05, 3.63) is 0 Å². The predicted molar refractivity (Wildman–Crippen MR) is 57.9 cm³/mol. The molecular formula is C10H25NO2. The van der Waals surface area contributed by atoms with Gasteiger partial charge in [0.05, 0.1) is 6.04 Å². The maximum Gasteiger partial charge on any atom is 0.146 e. The van der Waals surface area contributed by atoms with Crippen LogP contribution in [0.1, 0.15) is 40.5 Å². The van der Waals surface area contributed by atoms with Crippen molar-refractivity contribution in [3.8, 4) is 0 Å². The van der Waals surface area contributed by atoms with Gasteiger partial charge in [0.25, 0.3) is 0 Å². The van der Waals surface area contributed by atoms with Gasteiger partial charge in [-0.05, 0) is 20.4 Å². The van der Waals surface area contributed by atoms with Crippen molar-refractivity contribution >= 4 is 5.78 Å². The summed E-state index contributed by atoms with van der Waals surface area (Å²) in [6.45, 7) is 3.77. The Balaban J connectivity index is -0.000000309. The van der Waals surface area contributed by atoms with E-state index >= 15 is 0 Å². The lowest BCUT2D eigenvalue weighted by molar-refractivity contribution is -0.119. The second-order valence-corrected chi connectivity index (χ2v) is 2.59.